The minimum absolute atomic E-state index is 0.0146. The number of hydrogen-bond donors (Lipinski definition) is 1. The van der Waals surface area contributed by atoms with Gasteiger partial charge < -0.3 is 24.3 Å². The zero-order valence-corrected chi connectivity index (χ0v) is 36.8. The molecule has 4 saturated carbocycles. The van der Waals surface area contributed by atoms with E-state index in [9.17, 15) is 27.9 Å². The Balaban J connectivity index is 0.931. The number of carbonyl (C=O) groups excluding carboxylic acids is 2. The molecule has 7 aliphatic rings. The molecule has 1 amide bonds. The number of rotatable bonds is 16. The number of fused-ring (bicyclic) bond motifs is 2. The van der Waals surface area contributed by atoms with Crippen molar-refractivity contribution < 1.29 is 37.4 Å². The van der Waals surface area contributed by atoms with Gasteiger partial charge in [0.2, 0.25) is 0 Å². The van der Waals surface area contributed by atoms with Gasteiger partial charge in [0.05, 0.1) is 28.3 Å². The molecule has 326 valence electrons. The van der Waals surface area contributed by atoms with Crippen molar-refractivity contribution >= 4 is 28.2 Å². The predicted octanol–water partition coefficient (Wildman–Crippen LogP) is 6.82. The number of allylic oxidation sites excluding steroid dienone is 1. The smallest absolute Gasteiger partial charge is 0.409 e. The van der Waals surface area contributed by atoms with Crippen molar-refractivity contribution in [3.63, 3.8) is 0 Å². The molecule has 2 aliphatic heterocycles. The summed E-state index contributed by atoms with van der Waals surface area (Å²) in [7, 11) is -3.36. The molecule has 12 heteroatoms. The van der Waals surface area contributed by atoms with Gasteiger partial charge >= 0.3 is 12.1 Å². The first-order valence-corrected chi connectivity index (χ1v) is 24.7. The van der Waals surface area contributed by atoms with Crippen molar-refractivity contribution in [2.75, 3.05) is 64.7 Å². The molecule has 6 fully saturated rings. The van der Waals surface area contributed by atoms with Crippen molar-refractivity contribution in [2.24, 2.45) is 57.7 Å². The fourth-order valence-corrected chi connectivity index (χ4v) is 15.5. The maximum absolute atomic E-state index is 14.3. The number of aldehydes is 1. The lowest BCUT2D eigenvalue weighted by molar-refractivity contribution is -0.197. The summed E-state index contributed by atoms with van der Waals surface area (Å²) in [4.78, 5) is 47.7. The van der Waals surface area contributed by atoms with Gasteiger partial charge in [0.25, 0.3) is 0 Å². The van der Waals surface area contributed by atoms with Crippen LogP contribution >= 0.6 is 0 Å². The van der Waals surface area contributed by atoms with Gasteiger partial charge in [-0.05, 0) is 92.2 Å². The van der Waals surface area contributed by atoms with Crippen molar-refractivity contribution in [1.82, 2.24) is 14.7 Å². The molecule has 1 aromatic carbocycles. The number of amides is 1. The highest BCUT2D eigenvalue weighted by atomic mass is 32.2. The maximum Gasteiger partial charge on any atom is 0.409 e. The highest BCUT2D eigenvalue weighted by molar-refractivity contribution is 7.91. The molecular weight excluding hydrogens is 767 g/mol. The predicted molar refractivity (Wildman–Crippen MR) is 225 cm³/mol. The second kappa shape index (κ2) is 16.8. The average molecular weight is 836 g/mol. The Morgan fingerprint density at radius 1 is 1.05 bits per heavy atom. The van der Waals surface area contributed by atoms with Crippen molar-refractivity contribution in [1.29, 1.82) is 0 Å². The summed E-state index contributed by atoms with van der Waals surface area (Å²) in [5.74, 6) is 1.12. The van der Waals surface area contributed by atoms with Crippen molar-refractivity contribution in [3.8, 4) is 0 Å². The van der Waals surface area contributed by atoms with Gasteiger partial charge in [0, 0.05) is 51.2 Å². The van der Waals surface area contributed by atoms with Crippen LogP contribution in [-0.4, -0.2) is 123 Å². The lowest BCUT2D eigenvalue weighted by Gasteiger charge is -2.60. The topological polar surface area (TPSA) is 134 Å². The van der Waals surface area contributed by atoms with E-state index >= 15 is 0 Å². The van der Waals surface area contributed by atoms with E-state index in [1.54, 1.807) is 35.2 Å². The highest BCUT2D eigenvalue weighted by Crippen LogP contribution is 2.84. The number of likely N-dealkylation sites (N-methyl/N-ethyl adjacent to an activating group) is 1. The fourth-order valence-electron chi connectivity index (χ4n) is 14.2. The second-order valence-electron chi connectivity index (χ2n) is 19.9. The number of nitrogens with zero attached hydrogens (tertiary/aromatic N) is 3. The Bertz CT molecular complexity index is 1840. The quantitative estimate of drug-likeness (QED) is 0.140. The molecule has 8 rings (SSSR count). The molecule has 0 aromatic heterocycles. The van der Waals surface area contributed by atoms with Crippen LogP contribution in [0.3, 0.4) is 0 Å². The summed E-state index contributed by atoms with van der Waals surface area (Å²) in [6.45, 7) is 13.6. The number of piperazine rings is 1. The van der Waals surface area contributed by atoms with E-state index in [2.05, 4.69) is 43.6 Å². The number of carboxylic acid groups (broad SMARTS) is 1. The van der Waals surface area contributed by atoms with Gasteiger partial charge in [-0.2, -0.15) is 0 Å². The lowest BCUT2D eigenvalue weighted by Crippen LogP contribution is -2.65. The first-order chi connectivity index (χ1) is 28.3. The Morgan fingerprint density at radius 2 is 1.78 bits per heavy atom. The van der Waals surface area contributed by atoms with Crippen LogP contribution in [0.2, 0.25) is 0 Å². The average Bonchev–Trinajstić information content (AvgIpc) is 4.06. The molecule has 1 N–H and O–H groups in total. The third-order valence-electron chi connectivity index (χ3n) is 17.0. The summed E-state index contributed by atoms with van der Waals surface area (Å²) in [6, 6.07) is 8.53. The second-order valence-corrected chi connectivity index (χ2v) is 22.0. The van der Waals surface area contributed by atoms with Crippen molar-refractivity contribution in [2.45, 2.75) is 109 Å². The van der Waals surface area contributed by atoms with Gasteiger partial charge in [0.15, 0.2) is 9.84 Å². The van der Waals surface area contributed by atoms with Gasteiger partial charge in [-0.25, -0.2) is 13.2 Å². The lowest BCUT2D eigenvalue weighted by atomic mass is 9.41. The van der Waals surface area contributed by atoms with Gasteiger partial charge in [-0.1, -0.05) is 89.6 Å². The molecular formula is C47H69N3O8S. The number of carbonyl (C=O) groups is 3. The van der Waals surface area contributed by atoms with E-state index in [1.165, 1.54) is 25.7 Å². The number of carboxylic acids is 1. The molecule has 2 heterocycles. The van der Waals surface area contributed by atoms with E-state index < -0.39 is 32.1 Å². The Labute approximate surface area is 352 Å². The minimum atomic E-state index is -3.36. The van der Waals surface area contributed by atoms with E-state index in [4.69, 9.17) is 9.47 Å². The van der Waals surface area contributed by atoms with Crippen LogP contribution in [0.4, 0.5) is 4.79 Å². The molecule has 3 unspecified atom stereocenters. The number of hydrogen-bond acceptors (Lipinski definition) is 9. The molecule has 5 aliphatic carbocycles. The molecule has 10 atom stereocenters. The molecule has 59 heavy (non-hydrogen) atoms. The molecule has 0 spiro atoms. The number of ether oxygens (including phenoxy) is 2. The maximum atomic E-state index is 14.3. The Hall–Kier alpha value is -2.80. The zero-order valence-electron chi connectivity index (χ0n) is 35.9. The third kappa shape index (κ3) is 7.11. The summed E-state index contributed by atoms with van der Waals surface area (Å²) < 4.78 is 38.8. The monoisotopic (exact) mass is 835 g/mol. The molecule has 1 aromatic rings. The summed E-state index contributed by atoms with van der Waals surface area (Å²) >= 11 is 0. The zero-order chi connectivity index (χ0) is 41.7. The number of sulfone groups is 1. The van der Waals surface area contributed by atoms with E-state index in [0.717, 1.165) is 50.5 Å². The SMILES string of the molecule is CCN(CCOC(=O)N1CCN(CCS(=O)(=O)c2ccccc2)CC1)C[C@@H]1O[C@@H](C23C[C@@H]4[C@H](C)CC[C@H]4C4(C=O)CC2C=C(C(C)C)[C@]43C(=O)O)C[C@@H]1CC1CCCC1. The molecule has 11 nitrogen and oxygen atoms in total. The molecule has 2 saturated heterocycles. The van der Waals surface area contributed by atoms with Crippen molar-refractivity contribution in [3.05, 3.63) is 42.0 Å². The van der Waals surface area contributed by atoms with E-state index in [0.29, 0.717) is 80.8 Å². The first-order valence-electron chi connectivity index (χ1n) is 23.0. The van der Waals surface area contributed by atoms with Crippen LogP contribution in [0.5, 0.6) is 0 Å². The Morgan fingerprint density at radius 3 is 2.44 bits per heavy atom. The van der Waals surface area contributed by atoms with Crippen LogP contribution in [0.25, 0.3) is 0 Å². The van der Waals surface area contributed by atoms with Crippen LogP contribution in [-0.2, 0) is 28.9 Å². The summed E-state index contributed by atoms with van der Waals surface area (Å²) in [5.41, 5.74) is -1.81. The fraction of sp³-hybridized carbons (Fsp3) is 0.766. The van der Waals surface area contributed by atoms with Gasteiger partial charge in [-0.3, -0.25) is 14.6 Å². The Kier molecular flexibility index (Phi) is 12.2. The van der Waals surface area contributed by atoms with Gasteiger partial charge in [-0.15, -0.1) is 0 Å². The highest BCUT2D eigenvalue weighted by Gasteiger charge is 2.86. The molecule has 0 radical (unpaired) electrons. The van der Waals surface area contributed by atoms with Crippen LogP contribution in [0, 0.1) is 57.7 Å². The number of aliphatic carboxylic acids is 1. The minimum Gasteiger partial charge on any atom is -0.481 e. The molecule has 4 bridgehead atoms. The normalized spacial score (nSPS) is 37.0. The van der Waals surface area contributed by atoms with E-state index in [1.807, 2.05) is 0 Å². The standard InChI is InChI=1S/C47H69N3O8S/c1-5-48(21-23-57-44(54)50-19-17-49(18-20-50)22-24-59(55,56)37-13-7-6-8-14-37)30-41-35(25-34-11-9-10-12-34)26-42(58-41)46-29-38-33(4)15-16-39(38)45(31-51)28-36(46)27-40(32(2)3)47(45,46)43(52)53/h6-8,13-14,27,31-36,38-39,41-42H,5,9-12,15-26,28-30H2,1-4H3,(H,52,53)/t33-,35+,36?,38-,39-,41+,42-,45?,46?,47+/m1/s1. The van der Waals surface area contributed by atoms with Gasteiger partial charge in [0.1, 0.15) is 18.3 Å². The van der Waals surface area contributed by atoms with Crippen LogP contribution < -0.4 is 0 Å². The summed E-state index contributed by atoms with van der Waals surface area (Å²) in [6.07, 6.45) is 13.1. The number of benzene rings is 1. The largest absolute Gasteiger partial charge is 0.481 e. The van der Waals surface area contributed by atoms with Crippen LogP contribution in [0.15, 0.2) is 46.9 Å². The van der Waals surface area contributed by atoms with E-state index in [-0.39, 0.29) is 48.4 Å². The first kappa shape index (κ1) is 42.9. The summed E-state index contributed by atoms with van der Waals surface area (Å²) in [5, 5.41) is 11.7. The van der Waals surface area contributed by atoms with Crippen LogP contribution in [0.1, 0.15) is 91.9 Å². The third-order valence-corrected chi connectivity index (χ3v) is 18.7.